The minimum absolute atomic E-state index is 0.00725. The molecule has 3 rings (SSSR count). The summed E-state index contributed by atoms with van der Waals surface area (Å²) in [6, 6.07) is 0.799. The van der Waals surface area contributed by atoms with Crippen LogP contribution in [0.1, 0.15) is 47.4 Å². The highest BCUT2D eigenvalue weighted by Gasteiger charge is 2.36. The maximum Gasteiger partial charge on any atom is 0.420 e. The lowest BCUT2D eigenvalue weighted by Gasteiger charge is -2.18. The predicted octanol–water partition coefficient (Wildman–Crippen LogP) is 4.73. The molecular formula is C20H17ClF5N5O2. The third kappa shape index (κ3) is 5.50. The predicted molar refractivity (Wildman–Crippen MR) is 106 cm³/mol. The van der Waals surface area contributed by atoms with Gasteiger partial charge in [-0.2, -0.15) is 23.4 Å². The number of hydrogen-bond acceptors (Lipinski definition) is 6. The molecule has 3 aromatic rings. The van der Waals surface area contributed by atoms with Crippen LogP contribution in [0, 0.1) is 0 Å². The fourth-order valence-corrected chi connectivity index (χ4v) is 3.60. The van der Waals surface area contributed by atoms with Gasteiger partial charge < -0.3 is 4.74 Å². The molecule has 0 aliphatic carbocycles. The van der Waals surface area contributed by atoms with E-state index in [9.17, 15) is 26.7 Å². The van der Waals surface area contributed by atoms with E-state index in [1.807, 2.05) is 0 Å². The summed E-state index contributed by atoms with van der Waals surface area (Å²) < 4.78 is 72.1. The summed E-state index contributed by atoms with van der Waals surface area (Å²) in [6.07, 6.45) is -4.48. The molecular weight excluding hydrogens is 473 g/mol. The van der Waals surface area contributed by atoms with Crippen molar-refractivity contribution >= 4 is 17.4 Å². The lowest BCUT2D eigenvalue weighted by atomic mass is 9.97. The first-order chi connectivity index (χ1) is 15.5. The van der Waals surface area contributed by atoms with Crippen LogP contribution in [-0.2, 0) is 28.5 Å². The average molecular weight is 490 g/mol. The monoisotopic (exact) mass is 489 g/mol. The van der Waals surface area contributed by atoms with E-state index in [0.717, 1.165) is 23.3 Å². The maximum atomic E-state index is 13.5. The number of alkyl halides is 5. The fourth-order valence-electron chi connectivity index (χ4n) is 3.20. The lowest BCUT2D eigenvalue weighted by molar-refractivity contribution is -0.138. The Morgan fingerprint density at radius 3 is 2.39 bits per heavy atom. The first kappa shape index (κ1) is 24.6. The molecule has 0 radical (unpaired) electrons. The highest BCUT2D eigenvalue weighted by Crippen LogP contribution is 2.36. The van der Waals surface area contributed by atoms with E-state index >= 15 is 0 Å². The van der Waals surface area contributed by atoms with Crippen LogP contribution in [-0.4, -0.2) is 37.9 Å². The molecule has 0 saturated heterocycles. The van der Waals surface area contributed by atoms with Crippen molar-refractivity contribution in [3.63, 3.8) is 0 Å². The number of hydrogen-bond donors (Lipinski definition) is 0. The Bertz CT molecular complexity index is 1140. The first-order valence-electron chi connectivity index (χ1n) is 9.45. The zero-order valence-electron chi connectivity index (χ0n) is 17.3. The Balaban J connectivity index is 1.89. The Labute approximate surface area is 189 Å². The van der Waals surface area contributed by atoms with Crippen LogP contribution in [0.25, 0.3) is 5.82 Å². The molecule has 0 unspecified atom stereocenters. The van der Waals surface area contributed by atoms with Crippen molar-refractivity contribution in [2.24, 2.45) is 0 Å². The third-order valence-corrected chi connectivity index (χ3v) is 5.16. The minimum Gasteiger partial charge on any atom is -0.377 e. The normalized spacial score (nSPS) is 12.9. The van der Waals surface area contributed by atoms with Crippen molar-refractivity contribution < 1.29 is 31.5 Å². The minimum atomic E-state index is -4.77. The van der Waals surface area contributed by atoms with Gasteiger partial charge in [0.2, 0.25) is 0 Å². The van der Waals surface area contributed by atoms with Gasteiger partial charge in [0, 0.05) is 37.9 Å². The highest BCUT2D eigenvalue weighted by atomic mass is 35.5. The van der Waals surface area contributed by atoms with Gasteiger partial charge in [0.15, 0.2) is 5.82 Å². The zero-order chi connectivity index (χ0) is 24.3. The summed E-state index contributed by atoms with van der Waals surface area (Å²) in [5, 5.41) is 7.00. The van der Waals surface area contributed by atoms with Crippen molar-refractivity contribution in [1.29, 1.82) is 0 Å². The number of aromatic nitrogens is 5. The third-order valence-electron chi connectivity index (χ3n) is 4.76. The Morgan fingerprint density at radius 1 is 1.15 bits per heavy atom. The van der Waals surface area contributed by atoms with Gasteiger partial charge in [-0.05, 0) is 24.1 Å². The summed E-state index contributed by atoms with van der Waals surface area (Å²) in [5.74, 6) is -1.03. The molecule has 7 nitrogen and oxygen atoms in total. The molecule has 0 saturated carbocycles. The molecule has 0 aromatic carbocycles. The maximum absolute atomic E-state index is 13.5. The van der Waals surface area contributed by atoms with Gasteiger partial charge in [-0.15, -0.1) is 4.80 Å². The van der Waals surface area contributed by atoms with Gasteiger partial charge in [0.25, 0.3) is 6.43 Å². The summed E-state index contributed by atoms with van der Waals surface area (Å²) in [4.78, 5) is 20.8. The number of methoxy groups -OCH3 is 1. The topological polar surface area (TPSA) is 82.8 Å². The number of carbonyl (C=O) groups is 1. The summed E-state index contributed by atoms with van der Waals surface area (Å²) >= 11 is 6.08. The first-order valence-corrected chi connectivity index (χ1v) is 9.83. The molecule has 0 spiro atoms. The summed E-state index contributed by atoms with van der Waals surface area (Å²) in [7, 11) is 1.34. The van der Waals surface area contributed by atoms with Gasteiger partial charge in [0.05, 0.1) is 23.5 Å². The molecule has 13 heteroatoms. The van der Waals surface area contributed by atoms with Crippen LogP contribution in [0.15, 0.2) is 30.9 Å². The highest BCUT2D eigenvalue weighted by molar-refractivity contribution is 6.32. The van der Waals surface area contributed by atoms with Gasteiger partial charge in [-0.25, -0.2) is 13.8 Å². The number of halogens is 6. The zero-order valence-corrected chi connectivity index (χ0v) is 18.0. The van der Waals surface area contributed by atoms with Crippen LogP contribution in [0.3, 0.4) is 0 Å². The number of rotatable bonds is 8. The van der Waals surface area contributed by atoms with Gasteiger partial charge in [-0.1, -0.05) is 11.6 Å². The van der Waals surface area contributed by atoms with E-state index in [2.05, 4.69) is 20.2 Å². The molecule has 0 aliphatic heterocycles. The molecule has 3 aromatic heterocycles. The number of pyridine rings is 2. The van der Waals surface area contributed by atoms with Crippen molar-refractivity contribution in [1.82, 2.24) is 25.0 Å². The number of ether oxygens (including phenoxy) is 1. The van der Waals surface area contributed by atoms with Gasteiger partial charge in [0.1, 0.15) is 17.0 Å². The smallest absolute Gasteiger partial charge is 0.377 e. The van der Waals surface area contributed by atoms with E-state index in [-0.39, 0.29) is 28.1 Å². The SMILES string of the molecule is CO[C@H](C)c1c(CC(=O)Cc2cnc(-n3nccn3)c(C(F)(F)F)c2)cnc(C(F)F)c1Cl. The van der Waals surface area contributed by atoms with E-state index < -0.39 is 48.0 Å². The summed E-state index contributed by atoms with van der Waals surface area (Å²) in [6.45, 7) is 1.56. The molecule has 0 fully saturated rings. The van der Waals surface area contributed by atoms with Crippen LogP contribution in [0.4, 0.5) is 22.0 Å². The number of Topliss-reactive ketones (excluding diaryl/α,β-unsaturated/α-hetero) is 1. The largest absolute Gasteiger partial charge is 0.420 e. The van der Waals surface area contributed by atoms with E-state index in [1.165, 1.54) is 19.5 Å². The number of carbonyl (C=O) groups excluding carboxylic acids is 1. The average Bonchev–Trinajstić information content (AvgIpc) is 3.27. The fraction of sp³-hybridized carbons (Fsp3) is 0.350. The molecule has 0 aliphatic rings. The van der Waals surface area contributed by atoms with Gasteiger partial charge >= 0.3 is 6.18 Å². The number of ketones is 1. The van der Waals surface area contributed by atoms with Crippen molar-refractivity contribution in [3.05, 3.63) is 63.8 Å². The second-order valence-electron chi connectivity index (χ2n) is 7.00. The summed E-state index contributed by atoms with van der Waals surface area (Å²) in [5.41, 5.74) is -1.33. The second-order valence-corrected chi connectivity index (χ2v) is 7.38. The van der Waals surface area contributed by atoms with Gasteiger partial charge in [-0.3, -0.25) is 9.78 Å². The molecule has 0 N–H and O–H groups in total. The molecule has 3 heterocycles. The molecule has 1 atom stereocenters. The van der Waals surface area contributed by atoms with E-state index in [4.69, 9.17) is 16.3 Å². The van der Waals surface area contributed by atoms with E-state index in [0.29, 0.717) is 0 Å². The molecule has 33 heavy (non-hydrogen) atoms. The van der Waals surface area contributed by atoms with Crippen molar-refractivity contribution in [2.75, 3.05) is 7.11 Å². The van der Waals surface area contributed by atoms with Crippen molar-refractivity contribution in [2.45, 2.75) is 38.5 Å². The van der Waals surface area contributed by atoms with Crippen molar-refractivity contribution in [3.8, 4) is 5.82 Å². The van der Waals surface area contributed by atoms with Crippen LogP contribution >= 0.6 is 11.6 Å². The second kappa shape index (κ2) is 9.87. The van der Waals surface area contributed by atoms with Crippen LogP contribution in [0.2, 0.25) is 5.02 Å². The van der Waals surface area contributed by atoms with Crippen LogP contribution < -0.4 is 0 Å². The molecule has 0 bridgehead atoms. The Hall–Kier alpha value is -2.99. The Morgan fingerprint density at radius 2 is 1.82 bits per heavy atom. The van der Waals surface area contributed by atoms with E-state index in [1.54, 1.807) is 6.92 Å². The molecule has 176 valence electrons. The number of nitrogens with zero attached hydrogens (tertiary/aromatic N) is 5. The standard InChI is InChI=1S/C20H17ClF5N5O2/c1-10(33-2)15-12(9-27-17(16(15)21)18(22)23)7-13(32)5-11-6-14(20(24,25)26)19(28-8-11)31-29-3-4-30-31/h3-4,6,8-10,18H,5,7H2,1-2H3/t10-/m1/s1. The van der Waals surface area contributed by atoms with Crippen LogP contribution in [0.5, 0.6) is 0 Å². The molecule has 0 amide bonds. The Kier molecular flexibility index (Phi) is 7.38. The lowest BCUT2D eigenvalue weighted by Crippen LogP contribution is -2.16. The quantitative estimate of drug-likeness (QED) is 0.425.